The van der Waals surface area contributed by atoms with Crippen LogP contribution in [0.1, 0.15) is 364 Å². The molecule has 16 saturated carbocycles. The summed E-state index contributed by atoms with van der Waals surface area (Å²) < 4.78 is 43.7. The summed E-state index contributed by atoms with van der Waals surface area (Å²) in [7, 11) is 4.27. The van der Waals surface area contributed by atoms with Crippen LogP contribution in [0.3, 0.4) is 0 Å². The smallest absolute Gasteiger partial charge is 0.312 e. The Bertz CT molecular complexity index is 3550. The third kappa shape index (κ3) is 19.5. The standard InChI is InChI=1S/C21H36O2.C19H32O2.C18H28O4.C18H30O3.C18H30O2.C16H28O3/c1-7-13-10-14(8-2)18-16-11-15(17(13)18)12-21(16,6)19(22)23-20(4,5)9-3;1-6-11-8-12(7-2)17-14-9-13(16(11)17)10-15(14)18(20)21-19(3,4)5;1-5-9-7-10(6-2)14-12-8-11(13(9)14)15(17(19)21-3)16(12)18(20)22-4;1-4-10-6-11(5-2)18-14-8-12(17(10)18)7-13(14)15(19)9-16(20)21-3;1-5-11-8-12(6-2)17-14-9-13(16(11)17)10(4)15(14)18(19)20-7-3;1-4-12-11-13(14(5-2)18-12)15(17)19-16(6-3)9-7-8-10-16/h13-18H,7-12H2,1-6H3;11-17H,6-10H2,1-5H3;9-16H,5-8H2,1-4H3;10-15,17-19H,4-9H2,1-3H3;10-17H,5-9H2,1-4H3;12-14H,4-11H2,1-3H3. The summed E-state index contributed by atoms with van der Waals surface area (Å²) in [5.41, 5.74) is -1.06. The maximum absolute atomic E-state index is 13.0. The molecular weight excluding hydrogens is 1580 g/mol. The van der Waals surface area contributed by atoms with Gasteiger partial charge in [-0.1, -0.05) is 168 Å². The molecule has 0 aromatic rings. The summed E-state index contributed by atoms with van der Waals surface area (Å²) in [6, 6.07) is 0. The second-order valence-corrected chi connectivity index (χ2v) is 46.8. The largest absolute Gasteiger partial charge is 0.469 e. The van der Waals surface area contributed by atoms with Gasteiger partial charge in [0, 0.05) is 0 Å². The summed E-state index contributed by atoms with van der Waals surface area (Å²) in [6.07, 6.45) is 38.2. The van der Waals surface area contributed by atoms with Crippen molar-refractivity contribution < 1.29 is 76.6 Å². The van der Waals surface area contributed by atoms with E-state index < -0.39 is 6.10 Å². The van der Waals surface area contributed by atoms with Gasteiger partial charge in [0.05, 0.1) is 87.7 Å². The molecule has 1 heterocycles. The number of fused-ring (bicyclic) bond motifs is 25. The molecule has 10 bridgehead atoms. The Hall–Kier alpha value is -3.79. The molecule has 0 spiro atoms. The van der Waals surface area contributed by atoms with Gasteiger partial charge in [0.2, 0.25) is 0 Å². The first-order valence-corrected chi connectivity index (χ1v) is 53.5. The molecule has 0 amide bonds. The van der Waals surface area contributed by atoms with Gasteiger partial charge >= 0.3 is 41.8 Å². The number of carbonyl (C=O) groups excluding carboxylic acids is 7. The predicted molar refractivity (Wildman–Crippen MR) is 497 cm³/mol. The number of aliphatic hydroxyl groups excluding tert-OH is 1. The minimum atomic E-state index is -0.494. The molecule has 17 rings (SSSR count). The van der Waals surface area contributed by atoms with Gasteiger partial charge in [-0.3, -0.25) is 33.6 Å². The third-order valence-corrected chi connectivity index (χ3v) is 40.5. The molecule has 17 aliphatic rings. The Morgan fingerprint density at radius 2 is 0.841 bits per heavy atom. The Morgan fingerprint density at radius 1 is 0.413 bits per heavy atom. The highest BCUT2D eigenvalue weighted by atomic mass is 16.6. The average Bonchev–Trinajstić information content (AvgIpc) is 1.55. The van der Waals surface area contributed by atoms with Crippen molar-refractivity contribution in [2.45, 2.75) is 399 Å². The van der Waals surface area contributed by atoms with Gasteiger partial charge in [-0.2, -0.15) is 0 Å². The number of ether oxygens (including phenoxy) is 8. The van der Waals surface area contributed by atoms with Crippen molar-refractivity contribution in [3.8, 4) is 0 Å². The van der Waals surface area contributed by atoms with Crippen LogP contribution in [-0.4, -0.2) is 110 Å². The zero-order valence-electron chi connectivity index (χ0n) is 84.2. The van der Waals surface area contributed by atoms with Crippen molar-refractivity contribution in [2.75, 3.05) is 27.9 Å². The minimum absolute atomic E-state index is 0.00782. The topological polar surface area (TPSA) is 214 Å². The molecule has 16 aliphatic carbocycles. The Labute approximate surface area is 765 Å². The fourth-order valence-electron chi connectivity index (χ4n) is 35.0. The zero-order valence-corrected chi connectivity index (χ0v) is 84.2. The number of hydrogen-bond donors (Lipinski definition) is 1. The van der Waals surface area contributed by atoms with Crippen LogP contribution in [0, 0.1) is 224 Å². The first-order valence-electron chi connectivity index (χ1n) is 53.5. The van der Waals surface area contributed by atoms with Gasteiger partial charge in [0.15, 0.2) is 0 Å². The highest BCUT2D eigenvalue weighted by Gasteiger charge is 2.71. The SMILES string of the molecule is CCC1CC(C(=O)OC2(CC)CCCC2)C(CC)O1.CCC1CC(CC)C2C1C1CC2C(C)(C(=O)OC(C)(C)CC)C1.CCC1CC(CC)C2C3CC(C(C(=O)OC)C3C(=O)OC)C12.CCC1CC(CC)C2C3CC(CC3C(=O)OC(C)(C)C)C12.CCC1CC(CC)C2C3CC(CC3C(O)CC(=O)OC)C12.CCOC(=O)C1C(C)C2CC1C1C(CC)CC(CC)C21. The molecule has 1 N–H and O–H groups in total. The molecule has 1 aliphatic heterocycles. The van der Waals surface area contributed by atoms with E-state index in [-0.39, 0.29) is 112 Å². The summed E-state index contributed by atoms with van der Waals surface area (Å²) in [5, 5.41) is 10.5. The van der Waals surface area contributed by atoms with Gasteiger partial charge in [0.1, 0.15) is 16.8 Å². The van der Waals surface area contributed by atoms with E-state index in [4.69, 9.17) is 37.9 Å². The number of hydrogen-bond acceptors (Lipinski definition) is 16. The van der Waals surface area contributed by atoms with Crippen molar-refractivity contribution in [3.05, 3.63) is 0 Å². The Balaban J connectivity index is 0.000000138. The van der Waals surface area contributed by atoms with E-state index in [1.165, 1.54) is 156 Å². The third-order valence-electron chi connectivity index (χ3n) is 40.5. The molecule has 16 heteroatoms. The van der Waals surface area contributed by atoms with Crippen molar-refractivity contribution >= 4 is 41.8 Å². The maximum Gasteiger partial charge on any atom is 0.312 e. The first-order chi connectivity index (χ1) is 60.1. The van der Waals surface area contributed by atoms with E-state index in [0.717, 1.165) is 189 Å². The Kier molecular flexibility index (Phi) is 34.1. The number of aliphatic hydroxyl groups is 1. The second-order valence-electron chi connectivity index (χ2n) is 46.8. The van der Waals surface area contributed by atoms with Gasteiger partial charge in [-0.05, 0) is 379 Å². The molecule has 0 radical (unpaired) electrons. The monoisotopic (exact) mass is 1760 g/mol. The number of rotatable bonds is 26. The first kappa shape index (κ1) is 101. The van der Waals surface area contributed by atoms with Crippen LogP contribution < -0.4 is 0 Å². The molecule has 41 atom stereocenters. The molecule has 0 aromatic carbocycles. The number of esters is 7. The van der Waals surface area contributed by atoms with Crippen LogP contribution in [0.5, 0.6) is 0 Å². The van der Waals surface area contributed by atoms with Crippen LogP contribution >= 0.6 is 0 Å². The fourth-order valence-corrected chi connectivity index (χ4v) is 35.0. The number of methoxy groups -OCH3 is 3. The van der Waals surface area contributed by atoms with Crippen molar-refractivity contribution in [1.29, 1.82) is 0 Å². The molecule has 126 heavy (non-hydrogen) atoms. The summed E-state index contributed by atoms with van der Waals surface area (Å²) in [6.45, 7) is 48.8. The highest BCUT2D eigenvalue weighted by Crippen LogP contribution is 2.73. The Morgan fingerprint density at radius 3 is 1.28 bits per heavy atom. The molecule has 41 unspecified atom stereocenters. The summed E-state index contributed by atoms with van der Waals surface area (Å²) in [5.74, 6) is 23.1. The molecule has 0 aromatic heterocycles. The quantitative estimate of drug-likeness (QED) is 0.0630. The summed E-state index contributed by atoms with van der Waals surface area (Å²) in [4.78, 5) is 86.6. The van der Waals surface area contributed by atoms with Crippen LogP contribution in [0.2, 0.25) is 0 Å². The van der Waals surface area contributed by atoms with Gasteiger partial charge in [-0.15, -0.1) is 0 Å². The minimum Gasteiger partial charge on any atom is -0.469 e. The van der Waals surface area contributed by atoms with E-state index in [9.17, 15) is 38.7 Å². The van der Waals surface area contributed by atoms with E-state index in [0.29, 0.717) is 77.6 Å². The van der Waals surface area contributed by atoms with Gasteiger partial charge < -0.3 is 43.0 Å². The normalized spacial score (nSPS) is 44.2. The summed E-state index contributed by atoms with van der Waals surface area (Å²) >= 11 is 0. The lowest BCUT2D eigenvalue weighted by molar-refractivity contribution is -0.174. The van der Waals surface area contributed by atoms with Crippen LogP contribution in [0.15, 0.2) is 0 Å². The van der Waals surface area contributed by atoms with Crippen molar-refractivity contribution in [1.82, 2.24) is 0 Å². The van der Waals surface area contributed by atoms with Crippen LogP contribution in [0.4, 0.5) is 0 Å². The van der Waals surface area contributed by atoms with Crippen molar-refractivity contribution in [2.24, 2.45) is 224 Å². The molecular formula is C110H184O16. The lowest BCUT2D eigenvalue weighted by atomic mass is 9.63. The number of carbonyl (C=O) groups is 7. The second kappa shape index (κ2) is 42.4. The lowest BCUT2D eigenvalue weighted by Crippen LogP contribution is -2.45. The lowest BCUT2D eigenvalue weighted by Gasteiger charge is -2.42. The molecule has 1 saturated heterocycles. The molecule has 16 nitrogen and oxygen atoms in total. The van der Waals surface area contributed by atoms with Gasteiger partial charge in [-0.25, -0.2) is 0 Å². The fraction of sp³-hybridized carbons (Fsp3) is 0.936. The van der Waals surface area contributed by atoms with E-state index in [2.05, 4.69) is 111 Å². The zero-order chi connectivity index (χ0) is 91.8. The van der Waals surface area contributed by atoms with Crippen LogP contribution in [0.25, 0.3) is 0 Å². The maximum atomic E-state index is 13.0. The average molecular weight is 1760 g/mol. The van der Waals surface area contributed by atoms with E-state index >= 15 is 0 Å². The van der Waals surface area contributed by atoms with E-state index in [1.807, 2.05) is 41.5 Å². The highest BCUT2D eigenvalue weighted by molar-refractivity contribution is 5.84. The van der Waals surface area contributed by atoms with Gasteiger partial charge in [0.25, 0.3) is 0 Å². The molecule has 720 valence electrons. The van der Waals surface area contributed by atoms with E-state index in [1.54, 1.807) is 0 Å². The predicted octanol–water partition coefficient (Wildman–Crippen LogP) is 24.3. The molecule has 17 fully saturated rings. The van der Waals surface area contributed by atoms with Crippen LogP contribution in [-0.2, 0) is 71.5 Å². The van der Waals surface area contributed by atoms with Crippen molar-refractivity contribution in [3.63, 3.8) is 0 Å².